The fraction of sp³-hybridized carbons (Fsp3) is 0.435. The van der Waals surface area contributed by atoms with E-state index in [-0.39, 0.29) is 18.1 Å². The van der Waals surface area contributed by atoms with Gasteiger partial charge in [-0.25, -0.2) is 0 Å². The van der Waals surface area contributed by atoms with E-state index in [1.165, 1.54) is 0 Å². The summed E-state index contributed by atoms with van der Waals surface area (Å²) in [6, 6.07) is 15.0. The summed E-state index contributed by atoms with van der Waals surface area (Å²) in [5, 5.41) is 1.33. The first kappa shape index (κ1) is 21.6. The van der Waals surface area contributed by atoms with E-state index in [1.54, 1.807) is 0 Å². The van der Waals surface area contributed by atoms with Gasteiger partial charge >= 0.3 is 0 Å². The molecule has 2 aromatic rings. The number of likely N-dealkylation sites (N-methyl/N-ethyl adjacent to an activating group) is 1. The quantitative estimate of drug-likeness (QED) is 0.681. The van der Waals surface area contributed by atoms with Gasteiger partial charge in [0.1, 0.15) is 12.2 Å². The molecule has 0 saturated carbocycles. The number of benzene rings is 2. The number of carbonyl (C=O) groups is 1. The number of nitrogens with zero attached hydrogens (tertiary/aromatic N) is 2. The summed E-state index contributed by atoms with van der Waals surface area (Å²) in [6.07, 6.45) is -0.122. The zero-order chi connectivity index (χ0) is 21.1. The Hall–Kier alpha value is -1.63. The Morgan fingerprint density at radius 3 is 2.10 bits per heavy atom. The molecule has 0 radical (unpaired) electrons. The van der Waals surface area contributed by atoms with Gasteiger partial charge in [0.2, 0.25) is 0 Å². The molecule has 0 bridgehead atoms. The maximum absolute atomic E-state index is 13.2. The number of halogens is 2. The highest BCUT2D eigenvalue weighted by molar-refractivity contribution is 6.30. The van der Waals surface area contributed by atoms with Gasteiger partial charge in [0.25, 0.3) is 5.91 Å². The number of hydrogen-bond donors (Lipinski definition) is 0. The lowest BCUT2D eigenvalue weighted by Crippen LogP contribution is -2.50. The van der Waals surface area contributed by atoms with Crippen LogP contribution in [0.2, 0.25) is 10.0 Å². The van der Waals surface area contributed by atoms with Crippen molar-refractivity contribution in [3.05, 3.63) is 69.7 Å². The minimum absolute atomic E-state index is 0.00780. The smallest absolute Gasteiger partial charge is 0.252 e. The maximum Gasteiger partial charge on any atom is 0.252 e. The van der Waals surface area contributed by atoms with Crippen LogP contribution in [0, 0.1) is 0 Å². The van der Waals surface area contributed by atoms with Crippen molar-refractivity contribution in [3.63, 3.8) is 0 Å². The second-order valence-corrected chi connectivity index (χ2v) is 8.66. The number of morpholine rings is 2. The third kappa shape index (κ3) is 4.82. The van der Waals surface area contributed by atoms with Gasteiger partial charge in [-0.1, -0.05) is 47.5 Å². The summed E-state index contributed by atoms with van der Waals surface area (Å²) in [4.78, 5) is 17.3. The molecule has 30 heavy (non-hydrogen) atoms. The molecule has 0 aromatic heterocycles. The van der Waals surface area contributed by atoms with Crippen molar-refractivity contribution in [1.29, 1.82) is 0 Å². The molecule has 2 heterocycles. The normalized spacial score (nSPS) is 25.5. The van der Waals surface area contributed by atoms with Crippen LogP contribution in [0.1, 0.15) is 29.7 Å². The minimum Gasteiger partial charge on any atom is -0.379 e. The second-order valence-electron chi connectivity index (χ2n) is 7.79. The summed E-state index contributed by atoms with van der Waals surface area (Å²) in [5.74, 6) is 0.00780. The van der Waals surface area contributed by atoms with E-state index in [9.17, 15) is 4.79 Å². The Labute approximate surface area is 187 Å². The van der Waals surface area contributed by atoms with Gasteiger partial charge in [-0.3, -0.25) is 9.69 Å². The van der Waals surface area contributed by atoms with Crippen molar-refractivity contribution in [1.82, 2.24) is 9.80 Å². The molecule has 5 nitrogen and oxygen atoms in total. The van der Waals surface area contributed by atoms with Gasteiger partial charge < -0.3 is 14.4 Å². The van der Waals surface area contributed by atoms with Gasteiger partial charge in [-0.2, -0.15) is 0 Å². The topological polar surface area (TPSA) is 42.0 Å². The van der Waals surface area contributed by atoms with Crippen LogP contribution < -0.4 is 0 Å². The molecule has 2 aliphatic rings. The molecule has 0 spiro atoms. The number of carbonyl (C=O) groups excluding carboxylic acids is 1. The minimum atomic E-state index is -0.484. The molecule has 1 amide bonds. The lowest BCUT2D eigenvalue weighted by Gasteiger charge is -2.43. The molecule has 7 heteroatoms. The maximum atomic E-state index is 13.2. The zero-order valence-corrected chi connectivity index (χ0v) is 18.5. The number of amides is 1. The van der Waals surface area contributed by atoms with E-state index < -0.39 is 6.10 Å². The molecule has 2 aromatic carbocycles. The summed E-state index contributed by atoms with van der Waals surface area (Å²) in [7, 11) is 1.86. The van der Waals surface area contributed by atoms with Gasteiger partial charge in [-0.05, 0) is 41.8 Å². The standard InChI is InChI=1S/C23H26Cl2N2O3/c1-26-21(16-2-6-18(24)7-3-16)22(17-4-8-19(25)9-5-17)30-20(23(26)28)10-11-27-12-14-29-15-13-27/h2-9,20-22H,10-15H2,1H3/t20?,21-,22+/m0/s1. The number of hydrogen-bond acceptors (Lipinski definition) is 4. The molecule has 160 valence electrons. The van der Waals surface area contributed by atoms with Crippen molar-refractivity contribution in [2.45, 2.75) is 24.7 Å². The Bertz CT molecular complexity index is 854. The van der Waals surface area contributed by atoms with Gasteiger partial charge in [0, 0.05) is 36.7 Å². The number of rotatable bonds is 5. The van der Waals surface area contributed by atoms with Crippen molar-refractivity contribution >= 4 is 29.1 Å². The van der Waals surface area contributed by atoms with E-state index in [2.05, 4.69) is 4.90 Å². The van der Waals surface area contributed by atoms with Crippen LogP contribution in [0.3, 0.4) is 0 Å². The fourth-order valence-electron chi connectivity index (χ4n) is 4.16. The van der Waals surface area contributed by atoms with Crippen molar-refractivity contribution in [2.24, 2.45) is 0 Å². The lowest BCUT2D eigenvalue weighted by molar-refractivity contribution is -0.172. The highest BCUT2D eigenvalue weighted by Gasteiger charge is 2.42. The molecule has 3 atom stereocenters. The van der Waals surface area contributed by atoms with Crippen LogP contribution in [0.15, 0.2) is 48.5 Å². The van der Waals surface area contributed by atoms with Gasteiger partial charge in [0.05, 0.1) is 19.3 Å². The van der Waals surface area contributed by atoms with Crippen molar-refractivity contribution in [2.75, 3.05) is 39.9 Å². The fourth-order valence-corrected chi connectivity index (χ4v) is 4.42. The Morgan fingerprint density at radius 2 is 1.50 bits per heavy atom. The van der Waals surface area contributed by atoms with Crippen LogP contribution in [-0.2, 0) is 14.3 Å². The van der Waals surface area contributed by atoms with Crippen molar-refractivity contribution < 1.29 is 14.3 Å². The molecular formula is C23H26Cl2N2O3. The Morgan fingerprint density at radius 1 is 0.933 bits per heavy atom. The molecule has 1 unspecified atom stereocenters. The van der Waals surface area contributed by atoms with E-state index in [0.717, 1.165) is 44.0 Å². The van der Waals surface area contributed by atoms with E-state index >= 15 is 0 Å². The molecule has 2 aliphatic heterocycles. The first-order valence-electron chi connectivity index (χ1n) is 10.3. The monoisotopic (exact) mass is 448 g/mol. The first-order chi connectivity index (χ1) is 14.5. The Balaban J connectivity index is 1.59. The predicted octanol–water partition coefficient (Wildman–Crippen LogP) is 4.36. The average molecular weight is 449 g/mol. The van der Waals surface area contributed by atoms with E-state index in [1.807, 2.05) is 60.5 Å². The van der Waals surface area contributed by atoms with Crippen molar-refractivity contribution in [3.8, 4) is 0 Å². The van der Waals surface area contributed by atoms with E-state index in [4.69, 9.17) is 32.7 Å². The van der Waals surface area contributed by atoms with Crippen LogP contribution in [-0.4, -0.2) is 61.7 Å². The SMILES string of the molecule is CN1C(=O)C(CCN2CCOCC2)O[C@H](c2ccc(Cl)cc2)[C@@H]1c1ccc(Cl)cc1. The summed E-state index contributed by atoms with van der Waals surface area (Å²) in [6.45, 7) is 4.08. The number of ether oxygens (including phenoxy) is 2. The van der Waals surface area contributed by atoms with Gasteiger partial charge in [0.15, 0.2) is 0 Å². The molecule has 0 aliphatic carbocycles. The van der Waals surface area contributed by atoms with Crippen LogP contribution in [0.5, 0.6) is 0 Å². The Kier molecular flexibility index (Phi) is 6.96. The van der Waals surface area contributed by atoms with Crippen LogP contribution >= 0.6 is 23.2 Å². The van der Waals surface area contributed by atoms with Crippen LogP contribution in [0.25, 0.3) is 0 Å². The van der Waals surface area contributed by atoms with E-state index in [0.29, 0.717) is 16.5 Å². The first-order valence-corrected chi connectivity index (χ1v) is 11.0. The largest absolute Gasteiger partial charge is 0.379 e. The second kappa shape index (κ2) is 9.67. The summed E-state index contributed by atoms with van der Waals surface area (Å²) in [5.41, 5.74) is 1.98. The zero-order valence-electron chi connectivity index (χ0n) is 17.0. The highest BCUT2D eigenvalue weighted by atomic mass is 35.5. The summed E-state index contributed by atoms with van der Waals surface area (Å²) < 4.78 is 11.9. The average Bonchev–Trinajstić information content (AvgIpc) is 2.77. The molecule has 2 fully saturated rings. The third-order valence-corrected chi connectivity index (χ3v) is 6.36. The molecule has 4 rings (SSSR count). The predicted molar refractivity (Wildman–Crippen MR) is 118 cm³/mol. The van der Waals surface area contributed by atoms with Crippen LogP contribution in [0.4, 0.5) is 0 Å². The molecule has 2 saturated heterocycles. The highest BCUT2D eigenvalue weighted by Crippen LogP contribution is 2.42. The third-order valence-electron chi connectivity index (χ3n) is 5.86. The van der Waals surface area contributed by atoms with Gasteiger partial charge in [-0.15, -0.1) is 0 Å². The molecule has 0 N–H and O–H groups in total. The molecular weight excluding hydrogens is 423 g/mol. The summed E-state index contributed by atoms with van der Waals surface area (Å²) >= 11 is 12.2. The lowest BCUT2D eigenvalue weighted by atomic mass is 9.91.